The fraction of sp³-hybridized carbons (Fsp3) is 0.571. The molecule has 17 heavy (non-hydrogen) atoms. The van der Waals surface area contributed by atoms with Gasteiger partial charge in [-0.05, 0) is 43.5 Å². The van der Waals surface area contributed by atoms with Crippen molar-refractivity contribution >= 4 is 27.5 Å². The lowest BCUT2D eigenvalue weighted by Crippen LogP contribution is -2.13. The van der Waals surface area contributed by atoms with Crippen LogP contribution in [0.15, 0.2) is 12.1 Å². The molecule has 1 rings (SSSR count). The van der Waals surface area contributed by atoms with Crippen molar-refractivity contribution in [3.8, 4) is 5.75 Å². The van der Waals surface area contributed by atoms with Crippen molar-refractivity contribution in [3.05, 3.63) is 28.3 Å². The predicted octanol–water partition coefficient (Wildman–Crippen LogP) is 5.15. The molecule has 1 nitrogen and oxygen atoms in total. The number of benzene rings is 1. The highest BCUT2D eigenvalue weighted by molar-refractivity contribution is 9.09. The molecule has 0 bridgehead atoms. The molecule has 0 fully saturated rings. The largest absolute Gasteiger partial charge is 0.493 e. The van der Waals surface area contributed by atoms with Gasteiger partial charge in [-0.2, -0.15) is 0 Å². The molecule has 0 saturated heterocycles. The molecule has 1 aromatic carbocycles. The molecule has 0 N–H and O–H groups in total. The summed E-state index contributed by atoms with van der Waals surface area (Å²) in [6, 6.07) is 4.01. The summed E-state index contributed by atoms with van der Waals surface area (Å²) in [4.78, 5) is 0. The SMILES string of the molecule is CCCC(CBr)COc1cc(C)c(Cl)c(C)c1. The molecule has 1 atom stereocenters. The van der Waals surface area contributed by atoms with Crippen LogP contribution in [0.1, 0.15) is 30.9 Å². The Bertz CT molecular complexity index is 342. The van der Waals surface area contributed by atoms with Crippen molar-refractivity contribution in [2.45, 2.75) is 33.6 Å². The molecule has 0 aromatic heterocycles. The van der Waals surface area contributed by atoms with Gasteiger partial charge >= 0.3 is 0 Å². The van der Waals surface area contributed by atoms with Gasteiger partial charge < -0.3 is 4.74 Å². The normalized spacial score (nSPS) is 12.5. The van der Waals surface area contributed by atoms with Crippen LogP contribution in [-0.2, 0) is 0 Å². The zero-order valence-electron chi connectivity index (χ0n) is 10.7. The zero-order valence-corrected chi connectivity index (χ0v) is 13.1. The number of ether oxygens (including phenoxy) is 1. The van der Waals surface area contributed by atoms with E-state index in [0.29, 0.717) is 5.92 Å². The van der Waals surface area contributed by atoms with Crippen LogP contribution in [0.3, 0.4) is 0 Å². The number of alkyl halides is 1. The molecule has 0 aliphatic heterocycles. The molecule has 3 heteroatoms. The van der Waals surface area contributed by atoms with Crippen molar-refractivity contribution in [1.29, 1.82) is 0 Å². The third-order valence-corrected chi connectivity index (χ3v) is 4.32. The Morgan fingerprint density at radius 3 is 2.35 bits per heavy atom. The molecule has 0 amide bonds. The fourth-order valence-corrected chi connectivity index (χ4v) is 2.44. The summed E-state index contributed by atoms with van der Waals surface area (Å²) in [6.07, 6.45) is 2.38. The van der Waals surface area contributed by atoms with E-state index in [4.69, 9.17) is 16.3 Å². The van der Waals surface area contributed by atoms with E-state index in [1.165, 1.54) is 12.8 Å². The van der Waals surface area contributed by atoms with Crippen LogP contribution < -0.4 is 4.74 Å². The van der Waals surface area contributed by atoms with Crippen LogP contribution in [0.5, 0.6) is 5.75 Å². The number of hydrogen-bond acceptors (Lipinski definition) is 1. The summed E-state index contributed by atoms with van der Waals surface area (Å²) in [5.74, 6) is 1.50. The van der Waals surface area contributed by atoms with Gasteiger partial charge in [-0.25, -0.2) is 0 Å². The van der Waals surface area contributed by atoms with Gasteiger partial charge in [0, 0.05) is 16.3 Å². The van der Waals surface area contributed by atoms with Crippen molar-refractivity contribution < 1.29 is 4.74 Å². The quantitative estimate of drug-likeness (QED) is 0.659. The van der Waals surface area contributed by atoms with Crippen molar-refractivity contribution in [2.24, 2.45) is 5.92 Å². The molecular weight excluding hydrogens is 300 g/mol. The maximum Gasteiger partial charge on any atom is 0.119 e. The van der Waals surface area contributed by atoms with E-state index in [-0.39, 0.29) is 0 Å². The van der Waals surface area contributed by atoms with E-state index in [1.54, 1.807) is 0 Å². The van der Waals surface area contributed by atoms with Gasteiger partial charge in [0.1, 0.15) is 5.75 Å². The summed E-state index contributed by atoms with van der Waals surface area (Å²) >= 11 is 9.66. The number of rotatable bonds is 6. The molecular formula is C14H20BrClO. The Kier molecular flexibility index (Phi) is 6.35. The maximum absolute atomic E-state index is 6.13. The third kappa shape index (κ3) is 4.51. The zero-order chi connectivity index (χ0) is 12.8. The van der Waals surface area contributed by atoms with Crippen LogP contribution in [0.4, 0.5) is 0 Å². The molecule has 0 aliphatic carbocycles. The van der Waals surface area contributed by atoms with Gasteiger partial charge in [-0.15, -0.1) is 0 Å². The van der Waals surface area contributed by atoms with Gasteiger partial charge in [-0.1, -0.05) is 40.9 Å². The van der Waals surface area contributed by atoms with Crippen LogP contribution in [0.25, 0.3) is 0 Å². The topological polar surface area (TPSA) is 9.23 Å². The Morgan fingerprint density at radius 1 is 1.29 bits per heavy atom. The van der Waals surface area contributed by atoms with Crippen molar-refractivity contribution in [2.75, 3.05) is 11.9 Å². The summed E-state index contributed by atoms with van der Waals surface area (Å²) in [5, 5.41) is 1.83. The minimum atomic E-state index is 0.580. The summed E-state index contributed by atoms with van der Waals surface area (Å²) in [6.45, 7) is 6.98. The first-order valence-electron chi connectivity index (χ1n) is 6.04. The molecule has 1 unspecified atom stereocenters. The number of hydrogen-bond donors (Lipinski definition) is 0. The van der Waals surface area contributed by atoms with E-state index in [1.807, 2.05) is 26.0 Å². The van der Waals surface area contributed by atoms with Gasteiger partial charge in [-0.3, -0.25) is 0 Å². The first kappa shape index (κ1) is 14.8. The Balaban J connectivity index is 2.63. The predicted molar refractivity (Wildman–Crippen MR) is 78.6 cm³/mol. The highest BCUT2D eigenvalue weighted by Gasteiger charge is 2.08. The van der Waals surface area contributed by atoms with Crippen molar-refractivity contribution in [1.82, 2.24) is 0 Å². The lowest BCUT2D eigenvalue weighted by Gasteiger charge is -2.15. The van der Waals surface area contributed by atoms with Gasteiger partial charge in [0.05, 0.1) is 6.61 Å². The average molecular weight is 320 g/mol. The van der Waals surface area contributed by atoms with E-state index >= 15 is 0 Å². The molecule has 0 aliphatic rings. The molecule has 0 saturated carbocycles. The number of halogens is 2. The molecule has 0 spiro atoms. The highest BCUT2D eigenvalue weighted by Crippen LogP contribution is 2.26. The van der Waals surface area contributed by atoms with Gasteiger partial charge in [0.25, 0.3) is 0 Å². The standard InChI is InChI=1S/C14H20BrClO/c1-4-5-12(8-15)9-17-13-6-10(2)14(16)11(3)7-13/h6-7,12H,4-5,8-9H2,1-3H3. The van der Waals surface area contributed by atoms with Crippen LogP contribution >= 0.6 is 27.5 Å². The molecule has 0 heterocycles. The Morgan fingerprint density at radius 2 is 1.88 bits per heavy atom. The van der Waals surface area contributed by atoms with E-state index in [2.05, 4.69) is 22.9 Å². The fourth-order valence-electron chi connectivity index (χ4n) is 1.82. The smallest absolute Gasteiger partial charge is 0.119 e. The first-order chi connectivity index (χ1) is 8.08. The second-order valence-electron chi connectivity index (χ2n) is 4.49. The minimum absolute atomic E-state index is 0.580. The Labute approximate surface area is 118 Å². The first-order valence-corrected chi connectivity index (χ1v) is 7.54. The average Bonchev–Trinajstić information content (AvgIpc) is 2.31. The maximum atomic E-state index is 6.13. The summed E-state index contributed by atoms with van der Waals surface area (Å²) in [7, 11) is 0. The van der Waals surface area contributed by atoms with Crippen molar-refractivity contribution in [3.63, 3.8) is 0 Å². The van der Waals surface area contributed by atoms with E-state index in [0.717, 1.165) is 33.8 Å². The Hall–Kier alpha value is -0.210. The summed E-state index contributed by atoms with van der Waals surface area (Å²) in [5.41, 5.74) is 2.15. The van der Waals surface area contributed by atoms with E-state index < -0.39 is 0 Å². The third-order valence-electron chi connectivity index (χ3n) is 2.81. The van der Waals surface area contributed by atoms with Crippen LogP contribution in [0, 0.1) is 19.8 Å². The van der Waals surface area contributed by atoms with Crippen LogP contribution in [0.2, 0.25) is 5.02 Å². The van der Waals surface area contributed by atoms with Crippen LogP contribution in [-0.4, -0.2) is 11.9 Å². The lowest BCUT2D eigenvalue weighted by molar-refractivity contribution is 0.255. The second kappa shape index (κ2) is 7.27. The van der Waals surface area contributed by atoms with Gasteiger partial charge in [0.2, 0.25) is 0 Å². The number of aryl methyl sites for hydroxylation is 2. The summed E-state index contributed by atoms with van der Waals surface area (Å²) < 4.78 is 5.84. The van der Waals surface area contributed by atoms with E-state index in [9.17, 15) is 0 Å². The van der Waals surface area contributed by atoms with Gasteiger partial charge in [0.15, 0.2) is 0 Å². The molecule has 1 aromatic rings. The highest BCUT2D eigenvalue weighted by atomic mass is 79.9. The minimum Gasteiger partial charge on any atom is -0.493 e. The second-order valence-corrected chi connectivity index (χ2v) is 5.52. The molecule has 0 radical (unpaired) electrons. The lowest BCUT2D eigenvalue weighted by atomic mass is 10.1. The monoisotopic (exact) mass is 318 g/mol. The molecule has 96 valence electrons.